The Morgan fingerprint density at radius 1 is 1.16 bits per heavy atom. The van der Waals surface area contributed by atoms with Gasteiger partial charge in [0, 0.05) is 12.4 Å². The molecule has 1 saturated carbocycles. The molecular formula is C18H16Cl2F2NO2. The normalized spacial score (nSPS) is 14.0. The molecule has 0 bridgehead atoms. The topological polar surface area (TPSA) is 31.4 Å². The van der Waals surface area contributed by atoms with E-state index in [0.29, 0.717) is 34.7 Å². The zero-order valence-corrected chi connectivity index (χ0v) is 14.7. The summed E-state index contributed by atoms with van der Waals surface area (Å²) in [5, 5.41) is 0.957. The van der Waals surface area contributed by atoms with Crippen LogP contribution in [0.25, 0.3) is 0 Å². The van der Waals surface area contributed by atoms with Crippen molar-refractivity contribution < 1.29 is 18.3 Å². The van der Waals surface area contributed by atoms with Crippen molar-refractivity contribution in [3.63, 3.8) is 0 Å². The van der Waals surface area contributed by atoms with Crippen molar-refractivity contribution in [2.75, 3.05) is 6.61 Å². The van der Waals surface area contributed by atoms with Crippen molar-refractivity contribution in [3.05, 3.63) is 58.2 Å². The number of alkyl halides is 2. The molecule has 0 unspecified atom stereocenters. The summed E-state index contributed by atoms with van der Waals surface area (Å²) in [4.78, 5) is 3.91. The highest BCUT2D eigenvalue weighted by Crippen LogP contribution is 2.35. The van der Waals surface area contributed by atoms with Gasteiger partial charge in [0.05, 0.1) is 16.7 Å². The third-order valence-electron chi connectivity index (χ3n) is 3.85. The second-order valence-electron chi connectivity index (χ2n) is 5.83. The van der Waals surface area contributed by atoms with E-state index in [0.717, 1.165) is 24.0 Å². The Morgan fingerprint density at radius 2 is 1.88 bits per heavy atom. The van der Waals surface area contributed by atoms with Crippen LogP contribution in [0.4, 0.5) is 8.78 Å². The third-order valence-corrected chi connectivity index (χ3v) is 4.50. The molecule has 25 heavy (non-hydrogen) atoms. The molecule has 2 aromatic rings. The summed E-state index contributed by atoms with van der Waals surface area (Å²) in [6.07, 6.45) is 7.65. The lowest BCUT2D eigenvalue weighted by Gasteiger charge is -2.14. The predicted molar refractivity (Wildman–Crippen MR) is 92.7 cm³/mol. The van der Waals surface area contributed by atoms with Crippen LogP contribution in [0, 0.1) is 12.3 Å². The fourth-order valence-corrected chi connectivity index (χ4v) is 2.82. The molecule has 3 rings (SSSR count). The first-order valence-corrected chi connectivity index (χ1v) is 8.61. The first-order valence-electron chi connectivity index (χ1n) is 7.85. The summed E-state index contributed by atoms with van der Waals surface area (Å²) in [7, 11) is 0. The molecule has 0 aliphatic heterocycles. The van der Waals surface area contributed by atoms with Gasteiger partial charge in [0.15, 0.2) is 11.5 Å². The van der Waals surface area contributed by atoms with Gasteiger partial charge in [-0.25, -0.2) is 0 Å². The lowest BCUT2D eigenvalue weighted by Crippen LogP contribution is -2.06. The Morgan fingerprint density at radius 3 is 2.52 bits per heavy atom. The lowest BCUT2D eigenvalue weighted by atomic mass is 10.0. The average molecular weight is 387 g/mol. The van der Waals surface area contributed by atoms with Crippen LogP contribution in [0.3, 0.4) is 0 Å². The first-order chi connectivity index (χ1) is 12.0. The van der Waals surface area contributed by atoms with Gasteiger partial charge in [-0.1, -0.05) is 29.3 Å². The van der Waals surface area contributed by atoms with E-state index in [1.807, 2.05) is 6.42 Å². The summed E-state index contributed by atoms with van der Waals surface area (Å²) in [6, 6.07) is 4.85. The highest BCUT2D eigenvalue weighted by molar-refractivity contribution is 6.35. The average Bonchev–Trinajstić information content (AvgIpc) is 3.38. The first kappa shape index (κ1) is 18.2. The van der Waals surface area contributed by atoms with Crippen molar-refractivity contribution in [2.45, 2.75) is 25.9 Å². The van der Waals surface area contributed by atoms with Gasteiger partial charge in [0.1, 0.15) is 0 Å². The maximum atomic E-state index is 12.5. The minimum atomic E-state index is -2.90. The van der Waals surface area contributed by atoms with Crippen molar-refractivity contribution >= 4 is 23.2 Å². The largest absolute Gasteiger partial charge is 0.489 e. The highest BCUT2D eigenvalue weighted by Gasteiger charge is 2.23. The van der Waals surface area contributed by atoms with E-state index in [2.05, 4.69) is 9.72 Å². The number of hydrogen-bond acceptors (Lipinski definition) is 3. The zero-order valence-electron chi connectivity index (χ0n) is 13.2. The van der Waals surface area contributed by atoms with Gasteiger partial charge in [-0.15, -0.1) is 0 Å². The van der Waals surface area contributed by atoms with Crippen molar-refractivity contribution in [1.29, 1.82) is 0 Å². The molecule has 1 aromatic carbocycles. The van der Waals surface area contributed by atoms with Crippen LogP contribution < -0.4 is 9.47 Å². The van der Waals surface area contributed by atoms with Gasteiger partial charge in [0.2, 0.25) is 0 Å². The van der Waals surface area contributed by atoms with E-state index in [1.54, 1.807) is 12.1 Å². The molecule has 3 nitrogen and oxygen atoms in total. The number of ether oxygens (including phenoxy) is 2. The summed E-state index contributed by atoms with van der Waals surface area (Å²) in [6.45, 7) is -2.39. The fourth-order valence-electron chi connectivity index (χ4n) is 2.30. The Hall–Kier alpha value is -1.59. The number of benzene rings is 1. The van der Waals surface area contributed by atoms with Gasteiger partial charge < -0.3 is 9.47 Å². The Bertz CT molecular complexity index is 719. The van der Waals surface area contributed by atoms with E-state index < -0.39 is 6.61 Å². The number of nitrogens with zero attached hydrogens (tertiary/aromatic N) is 1. The van der Waals surface area contributed by atoms with Crippen LogP contribution in [0.2, 0.25) is 10.0 Å². The van der Waals surface area contributed by atoms with E-state index in [1.165, 1.54) is 18.5 Å². The van der Waals surface area contributed by atoms with Gasteiger partial charge >= 0.3 is 6.61 Å². The Balaban J connectivity index is 1.73. The summed E-state index contributed by atoms with van der Waals surface area (Å²) >= 11 is 12.2. The van der Waals surface area contributed by atoms with Crippen LogP contribution in [0.15, 0.2) is 30.6 Å². The number of hydrogen-bond donors (Lipinski definition) is 0. The molecule has 133 valence electrons. The number of pyridine rings is 1. The van der Waals surface area contributed by atoms with Crippen LogP contribution in [-0.2, 0) is 6.42 Å². The van der Waals surface area contributed by atoms with Crippen molar-refractivity contribution in [3.8, 4) is 11.5 Å². The number of halogens is 4. The van der Waals surface area contributed by atoms with Crippen molar-refractivity contribution in [1.82, 2.24) is 4.98 Å². The molecule has 0 N–H and O–H groups in total. The summed E-state index contributed by atoms with van der Waals surface area (Å²) in [5.74, 6) is 0.849. The Kier molecular flexibility index (Phi) is 5.97. The van der Waals surface area contributed by atoms with Crippen LogP contribution >= 0.6 is 23.2 Å². The summed E-state index contributed by atoms with van der Waals surface area (Å²) in [5.41, 5.74) is 1.56. The van der Waals surface area contributed by atoms with Crippen LogP contribution in [0.5, 0.6) is 11.5 Å². The van der Waals surface area contributed by atoms with Crippen molar-refractivity contribution in [2.24, 2.45) is 5.92 Å². The third kappa shape index (κ3) is 5.19. The molecule has 1 aliphatic rings. The fraction of sp³-hybridized carbons (Fsp3) is 0.333. The van der Waals surface area contributed by atoms with E-state index in [9.17, 15) is 8.78 Å². The van der Waals surface area contributed by atoms with Crippen LogP contribution in [0.1, 0.15) is 24.0 Å². The highest BCUT2D eigenvalue weighted by atomic mass is 35.5. The van der Waals surface area contributed by atoms with E-state index in [-0.39, 0.29) is 5.75 Å². The van der Waals surface area contributed by atoms with Gasteiger partial charge in [-0.2, -0.15) is 8.78 Å². The molecule has 1 aliphatic carbocycles. The second kappa shape index (κ2) is 8.19. The van der Waals surface area contributed by atoms with Gasteiger partial charge in [0.25, 0.3) is 0 Å². The molecule has 0 saturated heterocycles. The minimum absolute atomic E-state index is 0.0350. The quantitative estimate of drug-likeness (QED) is 0.593. The molecule has 1 heterocycles. The molecule has 0 amide bonds. The second-order valence-corrected chi connectivity index (χ2v) is 6.64. The smallest absolute Gasteiger partial charge is 0.387 e. The molecule has 0 atom stereocenters. The Labute approximate surface area is 154 Å². The molecule has 0 spiro atoms. The molecule has 1 radical (unpaired) electrons. The van der Waals surface area contributed by atoms with Crippen LogP contribution in [-0.4, -0.2) is 18.2 Å². The van der Waals surface area contributed by atoms with E-state index >= 15 is 0 Å². The maximum Gasteiger partial charge on any atom is 0.387 e. The monoisotopic (exact) mass is 386 g/mol. The number of aromatic nitrogens is 1. The van der Waals surface area contributed by atoms with Gasteiger partial charge in [-0.3, -0.25) is 4.98 Å². The minimum Gasteiger partial charge on any atom is -0.489 e. The SMILES string of the molecule is FC(F)Oc1ccc([CH]Cc2c(Cl)cncc2Cl)cc1OCC1CC1. The van der Waals surface area contributed by atoms with E-state index in [4.69, 9.17) is 27.9 Å². The lowest BCUT2D eigenvalue weighted by molar-refractivity contribution is -0.0515. The van der Waals surface area contributed by atoms with Gasteiger partial charge in [-0.05, 0) is 54.9 Å². The summed E-state index contributed by atoms with van der Waals surface area (Å²) < 4.78 is 35.3. The molecular weight excluding hydrogens is 371 g/mol. The predicted octanol–water partition coefficient (Wildman–Crippen LogP) is 5.57. The molecule has 1 fully saturated rings. The molecule has 7 heteroatoms. The standard InChI is InChI=1S/C18H16Cl2F2NO2/c19-14-8-23-9-15(20)13(14)5-3-11-4-6-16(25-18(21)22)17(7-11)24-10-12-1-2-12/h3-4,6-9,12,18H,1-2,5,10H2. The zero-order chi connectivity index (χ0) is 17.8. The number of rotatable bonds is 8. The maximum absolute atomic E-state index is 12.5. The molecule has 1 aromatic heterocycles.